The molecule has 1 aliphatic heterocycles. The molecule has 1 aromatic rings. The zero-order valence-corrected chi connectivity index (χ0v) is 9.41. The van der Waals surface area contributed by atoms with Gasteiger partial charge in [-0.1, -0.05) is 18.3 Å². The summed E-state index contributed by atoms with van der Waals surface area (Å²) in [6.45, 7) is 7.26. The summed E-state index contributed by atoms with van der Waals surface area (Å²) in [5, 5.41) is 4.05. The molecule has 1 aromatic heterocycles. The lowest BCUT2D eigenvalue weighted by Crippen LogP contribution is -2.18. The van der Waals surface area contributed by atoms with Crippen LogP contribution >= 0.6 is 0 Å². The van der Waals surface area contributed by atoms with E-state index in [2.05, 4.69) is 28.3 Å². The fourth-order valence-electron chi connectivity index (χ4n) is 1.61. The van der Waals surface area contributed by atoms with Gasteiger partial charge >= 0.3 is 0 Å². The first-order valence-corrected chi connectivity index (χ1v) is 5.29. The van der Waals surface area contributed by atoms with Gasteiger partial charge in [0.05, 0.1) is 11.4 Å². The van der Waals surface area contributed by atoms with Crippen molar-refractivity contribution in [2.75, 3.05) is 0 Å². The minimum atomic E-state index is -0.180. The van der Waals surface area contributed by atoms with E-state index in [9.17, 15) is 0 Å². The monoisotopic (exact) mass is 227 g/mol. The van der Waals surface area contributed by atoms with Gasteiger partial charge in [-0.15, -0.1) is 0 Å². The van der Waals surface area contributed by atoms with E-state index in [0.717, 1.165) is 17.0 Å². The molecular weight excluding hydrogens is 214 g/mol. The maximum atomic E-state index is 5.34. The summed E-state index contributed by atoms with van der Waals surface area (Å²) in [7, 11) is 0. The molecule has 0 radical (unpaired) electrons. The SMILES string of the molecule is C=CN=C(C=C)C1CC(c2cccnc2)=NO1. The van der Waals surface area contributed by atoms with Crippen molar-refractivity contribution in [3.05, 3.63) is 55.5 Å². The summed E-state index contributed by atoms with van der Waals surface area (Å²) in [5.74, 6) is 0. The lowest BCUT2D eigenvalue weighted by Gasteiger charge is -2.06. The molecule has 4 heteroatoms. The van der Waals surface area contributed by atoms with E-state index in [0.29, 0.717) is 6.42 Å². The van der Waals surface area contributed by atoms with Crippen LogP contribution in [-0.4, -0.2) is 22.5 Å². The number of oxime groups is 1. The van der Waals surface area contributed by atoms with Crippen LogP contribution in [0.1, 0.15) is 12.0 Å². The van der Waals surface area contributed by atoms with Gasteiger partial charge in [0.2, 0.25) is 0 Å². The third kappa shape index (κ3) is 2.47. The Labute approximate surface area is 100 Å². The van der Waals surface area contributed by atoms with E-state index in [1.165, 1.54) is 6.20 Å². The van der Waals surface area contributed by atoms with Gasteiger partial charge in [-0.05, 0) is 18.2 Å². The average Bonchev–Trinajstić information content (AvgIpc) is 2.86. The second kappa shape index (κ2) is 5.21. The van der Waals surface area contributed by atoms with Crippen molar-refractivity contribution in [2.45, 2.75) is 12.5 Å². The zero-order chi connectivity index (χ0) is 12.1. The number of aliphatic imine (C=N–C) groups is 1. The average molecular weight is 227 g/mol. The second-order valence-electron chi connectivity index (χ2n) is 3.52. The van der Waals surface area contributed by atoms with Gasteiger partial charge in [0.15, 0.2) is 6.10 Å². The van der Waals surface area contributed by atoms with E-state index >= 15 is 0 Å². The molecule has 86 valence electrons. The van der Waals surface area contributed by atoms with E-state index in [4.69, 9.17) is 4.84 Å². The largest absolute Gasteiger partial charge is 0.385 e. The second-order valence-corrected chi connectivity index (χ2v) is 3.52. The van der Waals surface area contributed by atoms with Gasteiger partial charge in [0, 0.05) is 30.6 Å². The van der Waals surface area contributed by atoms with Crippen LogP contribution < -0.4 is 0 Å². The molecule has 0 amide bonds. The fourth-order valence-corrected chi connectivity index (χ4v) is 1.61. The zero-order valence-electron chi connectivity index (χ0n) is 9.41. The van der Waals surface area contributed by atoms with Crippen LogP contribution in [0.5, 0.6) is 0 Å². The van der Waals surface area contributed by atoms with Crippen molar-refractivity contribution in [3.63, 3.8) is 0 Å². The molecule has 0 saturated carbocycles. The predicted octanol–water partition coefficient (Wildman–Crippen LogP) is 2.35. The van der Waals surface area contributed by atoms with Gasteiger partial charge in [-0.3, -0.25) is 9.98 Å². The molecule has 17 heavy (non-hydrogen) atoms. The Bertz CT molecular complexity index is 477. The molecule has 0 aromatic carbocycles. The Balaban J connectivity index is 2.11. The van der Waals surface area contributed by atoms with Gasteiger partial charge < -0.3 is 4.84 Å². The molecule has 0 saturated heterocycles. The van der Waals surface area contributed by atoms with Gasteiger partial charge in [0.1, 0.15) is 0 Å². The van der Waals surface area contributed by atoms with E-state index in [-0.39, 0.29) is 6.10 Å². The number of aromatic nitrogens is 1. The first-order valence-electron chi connectivity index (χ1n) is 5.29. The number of rotatable bonds is 4. The summed E-state index contributed by atoms with van der Waals surface area (Å²) < 4.78 is 0. The Morgan fingerprint density at radius 3 is 3.06 bits per heavy atom. The summed E-state index contributed by atoms with van der Waals surface area (Å²) >= 11 is 0. The van der Waals surface area contributed by atoms with Gasteiger partial charge in [0.25, 0.3) is 0 Å². The van der Waals surface area contributed by atoms with Crippen LogP contribution in [0.2, 0.25) is 0 Å². The predicted molar refractivity (Wildman–Crippen MR) is 68.1 cm³/mol. The summed E-state index contributed by atoms with van der Waals surface area (Å²) in [4.78, 5) is 13.5. The molecule has 0 fully saturated rings. The van der Waals surface area contributed by atoms with Crippen LogP contribution in [-0.2, 0) is 4.84 Å². The van der Waals surface area contributed by atoms with Crippen LogP contribution in [0, 0.1) is 0 Å². The highest BCUT2D eigenvalue weighted by molar-refractivity contribution is 6.07. The van der Waals surface area contributed by atoms with Crippen molar-refractivity contribution in [3.8, 4) is 0 Å². The van der Waals surface area contributed by atoms with Crippen LogP contribution in [0.3, 0.4) is 0 Å². The number of nitrogens with zero attached hydrogens (tertiary/aromatic N) is 3. The van der Waals surface area contributed by atoms with E-state index in [1.807, 2.05) is 12.1 Å². The Morgan fingerprint density at radius 1 is 1.53 bits per heavy atom. The van der Waals surface area contributed by atoms with Crippen molar-refractivity contribution < 1.29 is 4.84 Å². The molecule has 1 atom stereocenters. The highest BCUT2D eigenvalue weighted by Gasteiger charge is 2.25. The maximum absolute atomic E-state index is 5.34. The summed E-state index contributed by atoms with van der Waals surface area (Å²) in [6.07, 6.45) is 7.12. The topological polar surface area (TPSA) is 46.8 Å². The quantitative estimate of drug-likeness (QED) is 0.741. The summed E-state index contributed by atoms with van der Waals surface area (Å²) in [6, 6.07) is 3.83. The molecule has 4 nitrogen and oxygen atoms in total. The molecule has 2 heterocycles. The molecule has 1 unspecified atom stereocenters. The smallest absolute Gasteiger partial charge is 0.174 e. The minimum absolute atomic E-state index is 0.180. The van der Waals surface area contributed by atoms with Crippen LogP contribution in [0.15, 0.2) is 60.1 Å². The molecule has 1 aliphatic rings. The van der Waals surface area contributed by atoms with Crippen molar-refractivity contribution in [1.82, 2.24) is 4.98 Å². The molecule has 0 bridgehead atoms. The lowest BCUT2D eigenvalue weighted by molar-refractivity contribution is 0.133. The Kier molecular flexibility index (Phi) is 3.45. The Hall–Kier alpha value is -2.23. The first-order chi connectivity index (χ1) is 8.35. The lowest BCUT2D eigenvalue weighted by atomic mass is 10.0. The minimum Gasteiger partial charge on any atom is -0.385 e. The molecule has 0 aliphatic carbocycles. The van der Waals surface area contributed by atoms with Gasteiger partial charge in [-0.25, -0.2) is 0 Å². The molecular formula is C13H13N3O. The third-order valence-corrected chi connectivity index (χ3v) is 2.44. The van der Waals surface area contributed by atoms with Gasteiger partial charge in [-0.2, -0.15) is 0 Å². The van der Waals surface area contributed by atoms with Crippen LogP contribution in [0.25, 0.3) is 0 Å². The highest BCUT2D eigenvalue weighted by atomic mass is 16.6. The summed E-state index contributed by atoms with van der Waals surface area (Å²) in [5.41, 5.74) is 2.58. The maximum Gasteiger partial charge on any atom is 0.174 e. The molecule has 0 N–H and O–H groups in total. The highest BCUT2D eigenvalue weighted by Crippen LogP contribution is 2.17. The van der Waals surface area contributed by atoms with Crippen molar-refractivity contribution >= 4 is 11.4 Å². The molecule has 0 spiro atoms. The van der Waals surface area contributed by atoms with Crippen molar-refractivity contribution in [2.24, 2.45) is 10.1 Å². The third-order valence-electron chi connectivity index (χ3n) is 2.44. The standard InChI is InChI=1S/C13H13N3O/c1-3-11(15-4-2)13-8-12(16-17-13)10-6-5-7-14-9-10/h3-7,9,13H,1-2,8H2. The number of hydrogen-bond acceptors (Lipinski definition) is 4. The van der Waals surface area contributed by atoms with Crippen LogP contribution in [0.4, 0.5) is 0 Å². The number of pyridine rings is 1. The van der Waals surface area contributed by atoms with Crippen molar-refractivity contribution in [1.29, 1.82) is 0 Å². The first kappa shape index (κ1) is 11.3. The normalized spacial score (nSPS) is 19.4. The molecule has 2 rings (SSSR count). The fraction of sp³-hybridized carbons (Fsp3) is 0.154. The van der Waals surface area contributed by atoms with E-state index < -0.39 is 0 Å². The van der Waals surface area contributed by atoms with E-state index in [1.54, 1.807) is 18.5 Å². The Morgan fingerprint density at radius 2 is 2.41 bits per heavy atom. The number of hydrogen-bond donors (Lipinski definition) is 0.